The van der Waals surface area contributed by atoms with Crippen LogP contribution >= 0.6 is 0 Å². The minimum absolute atomic E-state index is 0.0934. The van der Waals surface area contributed by atoms with E-state index in [-0.39, 0.29) is 35.4 Å². The number of H-pyrrole nitrogens is 1. The molecule has 222 valence electrons. The third-order valence-electron chi connectivity index (χ3n) is 8.02. The van der Waals surface area contributed by atoms with E-state index >= 15 is 0 Å². The van der Waals surface area contributed by atoms with Gasteiger partial charge in [0.25, 0.3) is 11.5 Å². The van der Waals surface area contributed by atoms with Gasteiger partial charge in [-0.1, -0.05) is 48.5 Å². The van der Waals surface area contributed by atoms with Crippen LogP contribution in [-0.2, 0) is 13.5 Å². The number of nitrogens with zero attached hydrogens (tertiary/aromatic N) is 1. The van der Waals surface area contributed by atoms with Crippen molar-refractivity contribution in [3.8, 4) is 11.5 Å². The second-order valence-corrected chi connectivity index (χ2v) is 10.5. The molecule has 2 aromatic heterocycles. The van der Waals surface area contributed by atoms with E-state index in [0.717, 1.165) is 22.5 Å². The van der Waals surface area contributed by atoms with Crippen molar-refractivity contribution in [3.63, 3.8) is 0 Å². The smallest absolute Gasteiger partial charge is 0.258 e. The third-order valence-corrected chi connectivity index (χ3v) is 8.02. The summed E-state index contributed by atoms with van der Waals surface area (Å²) in [4.78, 5) is 30.3. The topological polar surface area (TPSA) is 96.3 Å². The summed E-state index contributed by atoms with van der Waals surface area (Å²) in [6, 6.07) is 25.5. The van der Waals surface area contributed by atoms with Crippen molar-refractivity contribution in [3.05, 3.63) is 141 Å². The molecular formula is C35H29F2N3O4. The van der Waals surface area contributed by atoms with Crippen LogP contribution in [-0.4, -0.2) is 34.2 Å². The molecule has 0 saturated carbocycles. The number of carbonyl (C=O) groups is 1. The van der Waals surface area contributed by atoms with Crippen molar-refractivity contribution in [2.45, 2.75) is 12.3 Å². The van der Waals surface area contributed by atoms with Gasteiger partial charge in [0.2, 0.25) is 0 Å². The van der Waals surface area contributed by atoms with E-state index in [0.29, 0.717) is 27.9 Å². The Morgan fingerprint density at radius 3 is 2.50 bits per heavy atom. The van der Waals surface area contributed by atoms with E-state index < -0.39 is 23.5 Å². The second-order valence-electron chi connectivity index (χ2n) is 10.5. The summed E-state index contributed by atoms with van der Waals surface area (Å²) in [5.74, 6) is -3.36. The maximum Gasteiger partial charge on any atom is 0.258 e. The van der Waals surface area contributed by atoms with Crippen LogP contribution in [0.1, 0.15) is 38.7 Å². The number of amides is 1. The zero-order valence-corrected chi connectivity index (χ0v) is 24.0. The van der Waals surface area contributed by atoms with Crippen LogP contribution < -0.4 is 15.6 Å². The molecule has 3 N–H and O–H groups in total. The van der Waals surface area contributed by atoms with E-state index in [4.69, 9.17) is 4.74 Å². The average molecular weight is 594 g/mol. The van der Waals surface area contributed by atoms with Gasteiger partial charge in [-0.2, -0.15) is 0 Å². The highest BCUT2D eigenvalue weighted by molar-refractivity contribution is 5.94. The van der Waals surface area contributed by atoms with E-state index in [1.807, 2.05) is 42.5 Å². The maximum absolute atomic E-state index is 14.3. The molecule has 4 aromatic carbocycles. The minimum atomic E-state index is -1.21. The Labute approximate surface area is 251 Å². The molecule has 1 unspecified atom stereocenters. The van der Waals surface area contributed by atoms with Gasteiger partial charge in [0.15, 0.2) is 11.6 Å². The number of para-hydroxylation sites is 2. The van der Waals surface area contributed by atoms with Crippen LogP contribution in [0.25, 0.3) is 21.8 Å². The molecule has 1 amide bonds. The number of rotatable bonds is 8. The summed E-state index contributed by atoms with van der Waals surface area (Å²) in [5.41, 5.74) is 2.95. The molecule has 0 aliphatic carbocycles. The van der Waals surface area contributed by atoms with Crippen molar-refractivity contribution >= 4 is 27.7 Å². The van der Waals surface area contributed by atoms with E-state index in [2.05, 4.69) is 10.3 Å². The van der Waals surface area contributed by atoms with Gasteiger partial charge in [-0.3, -0.25) is 9.59 Å². The standard InChI is InChI=1S/C35H29F2N3O4/c1-40-28-16-6-4-12-24(28)33(41)30(35(40)43)29(20-9-7-10-21(19-20)44-2)32-23(22-11-3-5-15-27(22)39-32)17-18-38-34(42)25-13-8-14-26(36)31(25)37/h3-16,19,29,39,41H,17-18H2,1-2H3,(H,38,42). The van der Waals surface area contributed by atoms with Crippen LogP contribution in [0.15, 0.2) is 95.8 Å². The number of carbonyl (C=O) groups excluding carboxylic acids is 1. The molecule has 0 aliphatic heterocycles. The van der Waals surface area contributed by atoms with Gasteiger partial charge < -0.3 is 24.7 Å². The minimum Gasteiger partial charge on any atom is -0.507 e. The largest absolute Gasteiger partial charge is 0.507 e. The van der Waals surface area contributed by atoms with Crippen molar-refractivity contribution in [1.29, 1.82) is 0 Å². The normalized spacial score (nSPS) is 12.0. The first-order valence-corrected chi connectivity index (χ1v) is 14.1. The molecule has 6 rings (SSSR count). The second kappa shape index (κ2) is 11.7. The molecule has 9 heteroatoms. The first kappa shape index (κ1) is 28.7. The SMILES string of the molecule is COc1cccc(C(c2[nH]c3ccccc3c2CCNC(=O)c2cccc(F)c2F)c2c(O)c3ccccc3n(C)c2=O)c1. The monoisotopic (exact) mass is 593 g/mol. The number of aryl methyl sites for hydroxylation is 1. The van der Waals surface area contributed by atoms with Gasteiger partial charge in [0, 0.05) is 35.6 Å². The van der Waals surface area contributed by atoms with Gasteiger partial charge in [-0.15, -0.1) is 0 Å². The number of pyridine rings is 1. The summed E-state index contributed by atoms with van der Waals surface area (Å²) in [6.07, 6.45) is 0.289. The van der Waals surface area contributed by atoms with Crippen LogP contribution in [0.3, 0.4) is 0 Å². The lowest BCUT2D eigenvalue weighted by Gasteiger charge is -2.22. The molecule has 0 saturated heterocycles. The number of fused-ring (bicyclic) bond motifs is 2. The van der Waals surface area contributed by atoms with Crippen molar-refractivity contribution in [1.82, 2.24) is 14.9 Å². The van der Waals surface area contributed by atoms with Gasteiger partial charge in [-0.05, 0) is 60.0 Å². The zero-order valence-electron chi connectivity index (χ0n) is 24.0. The number of hydrogen-bond donors (Lipinski definition) is 3. The molecule has 44 heavy (non-hydrogen) atoms. The Kier molecular flexibility index (Phi) is 7.61. The van der Waals surface area contributed by atoms with Gasteiger partial charge >= 0.3 is 0 Å². The number of ether oxygens (including phenoxy) is 1. The molecule has 1 atom stereocenters. The number of methoxy groups -OCH3 is 1. The van der Waals surface area contributed by atoms with Gasteiger partial charge in [0.05, 0.1) is 29.7 Å². The van der Waals surface area contributed by atoms with Crippen molar-refractivity contribution < 1.29 is 23.4 Å². The van der Waals surface area contributed by atoms with Crippen molar-refractivity contribution in [2.24, 2.45) is 7.05 Å². The molecule has 0 fully saturated rings. The van der Waals surface area contributed by atoms with Crippen LogP contribution in [0.5, 0.6) is 11.5 Å². The summed E-state index contributed by atoms with van der Waals surface area (Å²) in [5, 5.41) is 15.8. The summed E-state index contributed by atoms with van der Waals surface area (Å²) in [7, 11) is 3.22. The van der Waals surface area contributed by atoms with Crippen LogP contribution in [0.2, 0.25) is 0 Å². The molecule has 0 aliphatic rings. The number of benzene rings is 4. The molecule has 0 spiro atoms. The Morgan fingerprint density at radius 1 is 0.977 bits per heavy atom. The fourth-order valence-electron chi connectivity index (χ4n) is 5.87. The number of nitrogens with one attached hydrogen (secondary N) is 2. The highest BCUT2D eigenvalue weighted by Crippen LogP contribution is 2.41. The summed E-state index contributed by atoms with van der Waals surface area (Å²) < 4.78 is 35.1. The van der Waals surface area contributed by atoms with E-state index in [1.54, 1.807) is 44.5 Å². The average Bonchev–Trinajstić information content (AvgIpc) is 3.41. The van der Waals surface area contributed by atoms with Gasteiger partial charge in [0.1, 0.15) is 11.5 Å². The quantitative estimate of drug-likeness (QED) is 0.197. The number of halogens is 2. The molecular weight excluding hydrogens is 564 g/mol. The molecule has 6 aromatic rings. The van der Waals surface area contributed by atoms with Crippen LogP contribution in [0.4, 0.5) is 8.78 Å². The predicted molar refractivity (Wildman–Crippen MR) is 165 cm³/mol. The number of aromatic nitrogens is 2. The lowest BCUT2D eigenvalue weighted by molar-refractivity contribution is 0.0949. The lowest BCUT2D eigenvalue weighted by atomic mass is 9.85. The molecule has 0 radical (unpaired) electrons. The Bertz CT molecular complexity index is 2100. The van der Waals surface area contributed by atoms with Crippen molar-refractivity contribution in [2.75, 3.05) is 13.7 Å². The third kappa shape index (κ3) is 4.96. The maximum atomic E-state index is 14.3. The zero-order chi connectivity index (χ0) is 31.0. The predicted octanol–water partition coefficient (Wildman–Crippen LogP) is 6.16. The molecule has 7 nitrogen and oxygen atoms in total. The van der Waals surface area contributed by atoms with Crippen LogP contribution in [0, 0.1) is 11.6 Å². The highest BCUT2D eigenvalue weighted by Gasteiger charge is 2.30. The fourth-order valence-corrected chi connectivity index (χ4v) is 5.87. The lowest BCUT2D eigenvalue weighted by Crippen LogP contribution is -2.28. The first-order chi connectivity index (χ1) is 21.3. The summed E-state index contributed by atoms with van der Waals surface area (Å²) in [6.45, 7) is 0.0934. The highest BCUT2D eigenvalue weighted by atomic mass is 19.2. The Balaban J connectivity index is 1.51. The first-order valence-electron chi connectivity index (χ1n) is 14.1. The Hall–Kier alpha value is -5.44. The number of hydrogen-bond acceptors (Lipinski definition) is 4. The number of aromatic hydroxyl groups is 1. The van der Waals surface area contributed by atoms with Gasteiger partial charge in [-0.25, -0.2) is 8.78 Å². The summed E-state index contributed by atoms with van der Waals surface area (Å²) >= 11 is 0. The fraction of sp³-hybridized carbons (Fsp3) is 0.143. The Morgan fingerprint density at radius 2 is 1.70 bits per heavy atom. The molecule has 0 bridgehead atoms. The molecule has 2 heterocycles. The number of aromatic amines is 1. The van der Waals surface area contributed by atoms with E-state index in [9.17, 15) is 23.5 Å². The van der Waals surface area contributed by atoms with E-state index in [1.165, 1.54) is 16.7 Å².